The summed E-state index contributed by atoms with van der Waals surface area (Å²) in [6, 6.07) is 7.51. The van der Waals surface area contributed by atoms with Gasteiger partial charge in [0.15, 0.2) is 0 Å². The molecule has 2 heterocycles. The number of thiophene rings is 1. The number of thioether (sulfide) groups is 1. The van der Waals surface area contributed by atoms with Gasteiger partial charge in [-0.1, -0.05) is 6.92 Å². The minimum absolute atomic E-state index is 0.172. The molecule has 0 spiro atoms. The molecule has 3 rings (SSSR count). The average Bonchev–Trinajstić information content (AvgIpc) is 2.99. The van der Waals surface area contributed by atoms with Gasteiger partial charge in [0.1, 0.15) is 5.00 Å². The Bertz CT molecular complexity index is 930. The highest BCUT2D eigenvalue weighted by atomic mass is 32.2. The number of amides is 1. The number of ether oxygens (including phenoxy) is 1. The highest BCUT2D eigenvalue weighted by Crippen LogP contribution is 2.45. The number of benzene rings is 1. The van der Waals surface area contributed by atoms with Gasteiger partial charge in [-0.3, -0.25) is 4.79 Å². The average molecular weight is 433 g/mol. The maximum absolute atomic E-state index is 12.9. The van der Waals surface area contributed by atoms with Crippen LogP contribution in [0.15, 0.2) is 29.2 Å². The predicted molar refractivity (Wildman–Crippen MR) is 120 cm³/mol. The molecule has 1 aromatic carbocycles. The molecule has 0 saturated heterocycles. The summed E-state index contributed by atoms with van der Waals surface area (Å²) in [7, 11) is 1.37. The summed E-state index contributed by atoms with van der Waals surface area (Å²) < 4.78 is 5.06. The molecule has 0 unspecified atom stereocenters. The van der Waals surface area contributed by atoms with E-state index in [0.717, 1.165) is 21.1 Å². The molecule has 0 atom stereocenters. The number of nitrogens with one attached hydrogen (secondary N) is 2. The second-order valence-electron chi connectivity index (χ2n) is 8.33. The maximum atomic E-state index is 12.9. The van der Waals surface area contributed by atoms with Crippen molar-refractivity contribution in [3.05, 3.63) is 45.8 Å². The Labute approximate surface area is 180 Å². The Morgan fingerprint density at radius 3 is 2.45 bits per heavy atom. The summed E-state index contributed by atoms with van der Waals surface area (Å²) in [4.78, 5) is 27.7. The second kappa shape index (κ2) is 8.13. The van der Waals surface area contributed by atoms with E-state index < -0.39 is 5.97 Å². The number of hydrogen-bond donors (Lipinski definition) is 2. The number of fused-ring (bicyclic) bond motifs is 1. The van der Waals surface area contributed by atoms with Gasteiger partial charge in [-0.15, -0.1) is 23.1 Å². The normalized spacial score (nSPS) is 16.8. The number of esters is 1. The molecule has 1 aliphatic heterocycles. The highest BCUT2D eigenvalue weighted by Gasteiger charge is 2.42. The van der Waals surface area contributed by atoms with Crippen molar-refractivity contribution in [2.75, 3.05) is 18.2 Å². The molecular weight excluding hydrogens is 404 g/mol. The van der Waals surface area contributed by atoms with E-state index in [-0.39, 0.29) is 17.0 Å². The van der Waals surface area contributed by atoms with E-state index >= 15 is 0 Å². The Morgan fingerprint density at radius 1 is 1.21 bits per heavy atom. The molecule has 0 fully saturated rings. The minimum atomic E-state index is -0.416. The Morgan fingerprint density at radius 2 is 1.86 bits per heavy atom. The zero-order valence-electron chi connectivity index (χ0n) is 17.8. The van der Waals surface area contributed by atoms with E-state index in [9.17, 15) is 9.59 Å². The van der Waals surface area contributed by atoms with Crippen molar-refractivity contribution in [3.63, 3.8) is 0 Å². The van der Waals surface area contributed by atoms with Crippen molar-refractivity contribution in [1.82, 2.24) is 5.32 Å². The van der Waals surface area contributed by atoms with Gasteiger partial charge in [0.05, 0.1) is 12.7 Å². The molecule has 0 saturated carbocycles. The zero-order chi connectivity index (χ0) is 21.4. The number of rotatable bonds is 5. The fraction of sp³-hybridized carbons (Fsp3) is 0.455. The van der Waals surface area contributed by atoms with Gasteiger partial charge in [-0.25, -0.2) is 4.79 Å². The van der Waals surface area contributed by atoms with Crippen LogP contribution in [0.2, 0.25) is 0 Å². The molecule has 0 aliphatic carbocycles. The van der Waals surface area contributed by atoms with Crippen molar-refractivity contribution in [1.29, 1.82) is 0 Å². The molecule has 29 heavy (non-hydrogen) atoms. The molecule has 2 aromatic rings. The summed E-state index contributed by atoms with van der Waals surface area (Å²) >= 11 is 3.18. The molecule has 1 aliphatic rings. The number of carbonyl (C=O) groups is 2. The third-order valence-corrected chi connectivity index (χ3v) is 7.25. The van der Waals surface area contributed by atoms with E-state index in [2.05, 4.69) is 45.3 Å². The van der Waals surface area contributed by atoms with Crippen molar-refractivity contribution in [2.24, 2.45) is 0 Å². The fourth-order valence-electron chi connectivity index (χ4n) is 3.98. The zero-order valence-corrected chi connectivity index (χ0v) is 19.4. The van der Waals surface area contributed by atoms with Gasteiger partial charge < -0.3 is 15.4 Å². The first-order valence-electron chi connectivity index (χ1n) is 9.66. The number of hydrogen-bond acceptors (Lipinski definition) is 6. The summed E-state index contributed by atoms with van der Waals surface area (Å²) in [6.07, 6.45) is 0.686. The van der Waals surface area contributed by atoms with Crippen molar-refractivity contribution >= 4 is 40.0 Å². The fourth-order valence-corrected chi connectivity index (χ4v) is 5.90. The summed E-state index contributed by atoms with van der Waals surface area (Å²) in [6.45, 7) is 10.5. The lowest BCUT2D eigenvalue weighted by Crippen LogP contribution is -2.55. The largest absolute Gasteiger partial charge is 0.465 e. The standard InChI is InChI=1S/C22H28N2O3S2/c1-7-28-14-10-8-13(9-11-14)18(25)23-19-16(20(26)27-6)15-12-21(2,3)24-22(4,5)17(15)29-19/h8-11,24H,7,12H2,1-6H3,(H,23,25). The van der Waals surface area contributed by atoms with E-state index in [4.69, 9.17) is 4.74 Å². The third-order valence-electron chi connectivity index (χ3n) is 4.89. The van der Waals surface area contributed by atoms with Crippen LogP contribution >= 0.6 is 23.1 Å². The molecule has 0 bridgehead atoms. The van der Waals surface area contributed by atoms with Crippen LogP contribution in [-0.2, 0) is 16.7 Å². The van der Waals surface area contributed by atoms with Crippen LogP contribution in [0.4, 0.5) is 5.00 Å². The van der Waals surface area contributed by atoms with Crippen LogP contribution in [0.1, 0.15) is 65.8 Å². The molecule has 5 nitrogen and oxygen atoms in total. The van der Waals surface area contributed by atoms with Crippen LogP contribution < -0.4 is 10.6 Å². The first-order chi connectivity index (χ1) is 13.6. The van der Waals surface area contributed by atoms with Crippen molar-refractivity contribution < 1.29 is 14.3 Å². The van der Waals surface area contributed by atoms with Crippen LogP contribution in [-0.4, -0.2) is 30.3 Å². The highest BCUT2D eigenvalue weighted by molar-refractivity contribution is 7.99. The van der Waals surface area contributed by atoms with Crippen LogP contribution in [0.3, 0.4) is 0 Å². The minimum Gasteiger partial charge on any atom is -0.465 e. The van der Waals surface area contributed by atoms with Crippen LogP contribution in [0, 0.1) is 0 Å². The van der Waals surface area contributed by atoms with Crippen molar-refractivity contribution in [3.8, 4) is 0 Å². The number of carbonyl (C=O) groups excluding carboxylic acids is 2. The lowest BCUT2D eigenvalue weighted by atomic mass is 9.81. The van der Waals surface area contributed by atoms with Gasteiger partial charge in [0.25, 0.3) is 5.91 Å². The molecule has 1 aromatic heterocycles. The topological polar surface area (TPSA) is 67.4 Å². The quantitative estimate of drug-likeness (QED) is 0.511. The molecule has 1 amide bonds. The van der Waals surface area contributed by atoms with Crippen LogP contribution in [0.5, 0.6) is 0 Å². The maximum Gasteiger partial charge on any atom is 0.341 e. The van der Waals surface area contributed by atoms with Gasteiger partial charge >= 0.3 is 5.97 Å². The Hall–Kier alpha value is -1.83. The molecule has 7 heteroatoms. The van der Waals surface area contributed by atoms with Gasteiger partial charge in [-0.2, -0.15) is 0 Å². The Kier molecular flexibility index (Phi) is 6.13. The smallest absolute Gasteiger partial charge is 0.341 e. The summed E-state index contributed by atoms with van der Waals surface area (Å²) in [5.74, 6) is 0.336. The van der Waals surface area contributed by atoms with Crippen LogP contribution in [0.25, 0.3) is 0 Å². The molecule has 156 valence electrons. The van der Waals surface area contributed by atoms with Gasteiger partial charge in [-0.05, 0) is 69.7 Å². The van der Waals surface area contributed by atoms with E-state index in [1.54, 1.807) is 11.8 Å². The first-order valence-corrected chi connectivity index (χ1v) is 11.5. The predicted octanol–water partition coefficient (Wildman–Crippen LogP) is 5.06. The monoisotopic (exact) mass is 432 g/mol. The molecule has 2 N–H and O–H groups in total. The molecular formula is C22H28N2O3S2. The third kappa shape index (κ3) is 4.52. The Balaban J connectivity index is 1.98. The first kappa shape index (κ1) is 21.9. The van der Waals surface area contributed by atoms with Gasteiger partial charge in [0, 0.05) is 26.4 Å². The van der Waals surface area contributed by atoms with E-state index in [1.807, 2.05) is 24.3 Å². The van der Waals surface area contributed by atoms with E-state index in [0.29, 0.717) is 22.5 Å². The lowest BCUT2D eigenvalue weighted by Gasteiger charge is -2.42. The summed E-state index contributed by atoms with van der Waals surface area (Å²) in [5, 5.41) is 7.14. The SMILES string of the molecule is CCSc1ccc(C(=O)Nc2sc3c(c2C(=O)OC)CC(C)(C)NC3(C)C)cc1. The lowest BCUT2D eigenvalue weighted by molar-refractivity contribution is 0.0600. The number of anilines is 1. The van der Waals surface area contributed by atoms with Gasteiger partial charge in [0.2, 0.25) is 0 Å². The van der Waals surface area contributed by atoms with E-state index in [1.165, 1.54) is 18.4 Å². The van der Waals surface area contributed by atoms with Crippen molar-refractivity contribution in [2.45, 2.75) is 57.0 Å². The summed E-state index contributed by atoms with van der Waals surface area (Å²) in [5.41, 5.74) is 1.51. The number of methoxy groups -OCH3 is 1. The second-order valence-corrected chi connectivity index (χ2v) is 10.7. The molecule has 0 radical (unpaired) electrons.